The Bertz CT molecular complexity index is 1350. The van der Waals surface area contributed by atoms with Gasteiger partial charge in [0.1, 0.15) is 5.82 Å². The van der Waals surface area contributed by atoms with Gasteiger partial charge in [0.25, 0.3) is 5.56 Å². The molecule has 0 unspecified atom stereocenters. The number of aromatic nitrogens is 4. The summed E-state index contributed by atoms with van der Waals surface area (Å²) in [4.78, 5) is 22.6. The molecular formula is C23H21ClN4O3S. The summed E-state index contributed by atoms with van der Waals surface area (Å²) in [6, 6.07) is 11.1. The number of imidazole rings is 1. The van der Waals surface area contributed by atoms with Crippen molar-refractivity contribution in [2.45, 2.75) is 23.9 Å². The summed E-state index contributed by atoms with van der Waals surface area (Å²) in [5.41, 5.74) is 1.44. The third-order valence-electron chi connectivity index (χ3n) is 5.25. The van der Waals surface area contributed by atoms with E-state index in [1.54, 1.807) is 16.8 Å². The summed E-state index contributed by atoms with van der Waals surface area (Å²) >= 11 is 8.02. The maximum Gasteiger partial charge on any atom is 0.261 e. The number of benzene rings is 2. The highest BCUT2D eigenvalue weighted by Crippen LogP contribution is 2.38. The lowest BCUT2D eigenvalue weighted by atomic mass is 10.2. The van der Waals surface area contributed by atoms with Crippen molar-refractivity contribution in [1.82, 2.24) is 19.1 Å². The van der Waals surface area contributed by atoms with Crippen LogP contribution in [-0.2, 0) is 19.3 Å². The molecule has 0 fully saturated rings. The number of nitrogens with zero attached hydrogens (tertiary/aromatic N) is 4. The Balaban J connectivity index is 1.55. The van der Waals surface area contributed by atoms with Gasteiger partial charge in [-0.05, 0) is 29.8 Å². The molecule has 0 radical (unpaired) electrons. The zero-order chi connectivity index (χ0) is 22.1. The van der Waals surface area contributed by atoms with Gasteiger partial charge in [0.15, 0.2) is 16.7 Å². The van der Waals surface area contributed by atoms with Crippen molar-refractivity contribution < 1.29 is 9.47 Å². The molecule has 5 rings (SSSR count). The van der Waals surface area contributed by atoms with E-state index in [2.05, 4.69) is 4.98 Å². The van der Waals surface area contributed by atoms with E-state index < -0.39 is 0 Å². The monoisotopic (exact) mass is 468 g/mol. The van der Waals surface area contributed by atoms with Crippen LogP contribution < -0.4 is 15.0 Å². The number of hydrogen-bond donors (Lipinski definition) is 0. The van der Waals surface area contributed by atoms with Crippen molar-refractivity contribution in [2.24, 2.45) is 7.05 Å². The maximum atomic E-state index is 13.4. The molecule has 1 aliphatic rings. The van der Waals surface area contributed by atoms with Crippen LogP contribution in [0.5, 0.6) is 11.5 Å². The van der Waals surface area contributed by atoms with Crippen molar-refractivity contribution in [3.05, 3.63) is 75.6 Å². The highest BCUT2D eigenvalue weighted by Gasteiger charge is 2.18. The fraction of sp³-hybridized carbons (Fsp3) is 0.261. The molecule has 1 aliphatic heterocycles. The van der Waals surface area contributed by atoms with Gasteiger partial charge in [-0.1, -0.05) is 35.5 Å². The van der Waals surface area contributed by atoms with Gasteiger partial charge in [-0.15, -0.1) is 0 Å². The minimum atomic E-state index is -0.0886. The zero-order valence-electron chi connectivity index (χ0n) is 17.5. The molecule has 4 aromatic rings. The molecule has 0 aliphatic carbocycles. The Hall–Kier alpha value is -2.97. The lowest BCUT2D eigenvalue weighted by Crippen LogP contribution is -2.25. The summed E-state index contributed by atoms with van der Waals surface area (Å²) in [7, 11) is 1.94. The molecule has 0 atom stereocenters. The molecule has 0 amide bonds. The van der Waals surface area contributed by atoms with Gasteiger partial charge < -0.3 is 14.0 Å². The number of fused-ring (bicyclic) bond motifs is 2. The first-order chi connectivity index (χ1) is 15.6. The number of halogens is 1. The second-order valence-electron chi connectivity index (χ2n) is 7.50. The highest BCUT2D eigenvalue weighted by atomic mass is 35.5. The lowest BCUT2D eigenvalue weighted by Gasteiger charge is -2.16. The van der Waals surface area contributed by atoms with Gasteiger partial charge >= 0.3 is 0 Å². The summed E-state index contributed by atoms with van der Waals surface area (Å²) in [5.74, 6) is 2.34. The molecule has 2 aromatic carbocycles. The molecule has 164 valence electrons. The Morgan fingerprint density at radius 2 is 2.03 bits per heavy atom. The third-order valence-corrected chi connectivity index (χ3v) is 6.59. The predicted octanol–water partition coefficient (Wildman–Crippen LogP) is 4.29. The minimum Gasteiger partial charge on any atom is -0.489 e. The highest BCUT2D eigenvalue weighted by molar-refractivity contribution is 7.98. The SMILES string of the molecule is Cn1ccnc1SCc1nc2ccccc2c(=O)n1Cc1cc(Cl)c2c(c1)OCCCO2. The van der Waals surface area contributed by atoms with Crippen LogP contribution in [-0.4, -0.2) is 32.3 Å². The predicted molar refractivity (Wildman–Crippen MR) is 125 cm³/mol. The van der Waals surface area contributed by atoms with Crippen LogP contribution in [0.2, 0.25) is 5.02 Å². The first-order valence-electron chi connectivity index (χ1n) is 10.3. The van der Waals surface area contributed by atoms with Crippen molar-refractivity contribution >= 4 is 34.3 Å². The van der Waals surface area contributed by atoms with E-state index >= 15 is 0 Å². The quantitative estimate of drug-likeness (QED) is 0.407. The van der Waals surface area contributed by atoms with Gasteiger partial charge in [-0.2, -0.15) is 0 Å². The number of rotatable bonds is 5. The molecule has 0 saturated heterocycles. The van der Waals surface area contributed by atoms with Crippen LogP contribution in [0.4, 0.5) is 0 Å². The van der Waals surface area contributed by atoms with Gasteiger partial charge in [0.2, 0.25) is 0 Å². The molecular weight excluding hydrogens is 448 g/mol. The van der Waals surface area contributed by atoms with Gasteiger partial charge in [-0.25, -0.2) is 9.97 Å². The van der Waals surface area contributed by atoms with E-state index in [0.29, 0.717) is 58.8 Å². The van der Waals surface area contributed by atoms with E-state index in [-0.39, 0.29) is 5.56 Å². The number of aryl methyl sites for hydroxylation is 1. The van der Waals surface area contributed by atoms with Crippen molar-refractivity contribution in [3.63, 3.8) is 0 Å². The van der Waals surface area contributed by atoms with Crippen LogP contribution in [0, 0.1) is 0 Å². The molecule has 0 N–H and O–H groups in total. The average molecular weight is 469 g/mol. The normalized spacial score (nSPS) is 13.3. The molecule has 2 aromatic heterocycles. The smallest absolute Gasteiger partial charge is 0.261 e. The van der Waals surface area contributed by atoms with Crippen LogP contribution in [0.3, 0.4) is 0 Å². The van der Waals surface area contributed by atoms with E-state index in [0.717, 1.165) is 17.1 Å². The lowest BCUT2D eigenvalue weighted by molar-refractivity contribution is 0.297. The summed E-state index contributed by atoms with van der Waals surface area (Å²) in [6.07, 6.45) is 4.44. The fourth-order valence-corrected chi connectivity index (χ4v) is 4.83. The molecule has 0 saturated carbocycles. The molecule has 0 spiro atoms. The van der Waals surface area contributed by atoms with Crippen LogP contribution >= 0.6 is 23.4 Å². The topological polar surface area (TPSA) is 71.2 Å². The van der Waals surface area contributed by atoms with E-state index in [9.17, 15) is 4.79 Å². The van der Waals surface area contributed by atoms with Gasteiger partial charge in [0.05, 0.1) is 41.4 Å². The number of para-hydroxylation sites is 1. The first-order valence-corrected chi connectivity index (χ1v) is 11.6. The first kappa shape index (κ1) is 20.9. The van der Waals surface area contributed by atoms with Crippen molar-refractivity contribution in [2.75, 3.05) is 13.2 Å². The summed E-state index contributed by atoms with van der Waals surface area (Å²) < 4.78 is 15.2. The van der Waals surface area contributed by atoms with Crippen LogP contribution in [0.1, 0.15) is 17.8 Å². The maximum absolute atomic E-state index is 13.4. The summed E-state index contributed by atoms with van der Waals surface area (Å²) in [6.45, 7) is 1.45. The second-order valence-corrected chi connectivity index (χ2v) is 8.85. The largest absolute Gasteiger partial charge is 0.489 e. The molecule has 7 nitrogen and oxygen atoms in total. The fourth-order valence-electron chi connectivity index (χ4n) is 3.67. The summed E-state index contributed by atoms with van der Waals surface area (Å²) in [5, 5.41) is 1.92. The Kier molecular flexibility index (Phi) is 5.80. The van der Waals surface area contributed by atoms with Crippen LogP contribution in [0.15, 0.2) is 58.7 Å². The van der Waals surface area contributed by atoms with Crippen molar-refractivity contribution in [3.8, 4) is 11.5 Å². The van der Waals surface area contributed by atoms with E-state index in [4.69, 9.17) is 26.1 Å². The Morgan fingerprint density at radius 3 is 2.88 bits per heavy atom. The number of thioether (sulfide) groups is 1. The van der Waals surface area contributed by atoms with E-state index in [1.807, 2.05) is 48.1 Å². The van der Waals surface area contributed by atoms with Gasteiger partial charge in [-0.3, -0.25) is 9.36 Å². The Labute approximate surface area is 194 Å². The van der Waals surface area contributed by atoms with E-state index in [1.165, 1.54) is 11.8 Å². The minimum absolute atomic E-state index is 0.0886. The third kappa shape index (κ3) is 4.08. The molecule has 32 heavy (non-hydrogen) atoms. The number of hydrogen-bond acceptors (Lipinski definition) is 6. The zero-order valence-corrected chi connectivity index (χ0v) is 19.0. The second kappa shape index (κ2) is 8.88. The Morgan fingerprint density at radius 1 is 1.19 bits per heavy atom. The van der Waals surface area contributed by atoms with Gasteiger partial charge in [0, 0.05) is 25.9 Å². The number of ether oxygens (including phenoxy) is 2. The van der Waals surface area contributed by atoms with Crippen molar-refractivity contribution in [1.29, 1.82) is 0 Å². The molecule has 0 bridgehead atoms. The van der Waals surface area contributed by atoms with Crippen LogP contribution in [0.25, 0.3) is 10.9 Å². The molecule has 9 heteroatoms. The average Bonchev–Trinajstić information content (AvgIpc) is 3.04. The molecule has 3 heterocycles. The standard InChI is InChI=1S/C23H21ClN4O3S/c1-27-8-7-25-23(27)32-14-20-26-18-6-3-2-5-16(18)22(29)28(20)13-15-11-17(24)21-19(12-15)30-9-4-10-31-21/h2-3,5-8,11-12H,4,9-10,13-14H2,1H3.